The SMILES string of the molecule is C=CCC(CCCC)OC(=O)C(C)O. The maximum absolute atomic E-state index is 11.1. The van der Waals surface area contributed by atoms with E-state index in [1.165, 1.54) is 6.92 Å². The predicted octanol–water partition coefficient (Wildman–Crippen LogP) is 2.05. The molecule has 0 spiro atoms. The zero-order valence-electron chi connectivity index (χ0n) is 9.03. The minimum atomic E-state index is -1.04. The van der Waals surface area contributed by atoms with Crippen LogP contribution in [0.3, 0.4) is 0 Å². The van der Waals surface area contributed by atoms with Gasteiger partial charge in [-0.1, -0.05) is 25.8 Å². The van der Waals surface area contributed by atoms with E-state index >= 15 is 0 Å². The van der Waals surface area contributed by atoms with E-state index in [2.05, 4.69) is 13.5 Å². The molecule has 82 valence electrons. The average molecular weight is 200 g/mol. The number of esters is 1. The molecule has 0 bridgehead atoms. The van der Waals surface area contributed by atoms with Gasteiger partial charge in [-0.2, -0.15) is 0 Å². The third-order valence-electron chi connectivity index (χ3n) is 1.93. The number of carbonyl (C=O) groups excluding carboxylic acids is 1. The van der Waals surface area contributed by atoms with Gasteiger partial charge < -0.3 is 9.84 Å². The molecule has 0 aliphatic rings. The van der Waals surface area contributed by atoms with Crippen LogP contribution in [0.5, 0.6) is 0 Å². The van der Waals surface area contributed by atoms with Crippen molar-refractivity contribution in [3.63, 3.8) is 0 Å². The van der Waals surface area contributed by atoms with E-state index in [9.17, 15) is 4.79 Å². The van der Waals surface area contributed by atoms with Gasteiger partial charge in [-0.25, -0.2) is 4.79 Å². The molecule has 0 fully saturated rings. The van der Waals surface area contributed by atoms with Crippen LogP contribution < -0.4 is 0 Å². The first-order valence-electron chi connectivity index (χ1n) is 5.11. The second-order valence-electron chi connectivity index (χ2n) is 3.40. The van der Waals surface area contributed by atoms with Gasteiger partial charge >= 0.3 is 5.97 Å². The number of hydrogen-bond acceptors (Lipinski definition) is 3. The molecule has 3 heteroatoms. The second-order valence-corrected chi connectivity index (χ2v) is 3.40. The normalized spacial score (nSPS) is 14.5. The Morgan fingerprint density at radius 1 is 1.64 bits per heavy atom. The first-order valence-corrected chi connectivity index (χ1v) is 5.11. The lowest BCUT2D eigenvalue weighted by molar-refractivity contribution is -0.158. The van der Waals surface area contributed by atoms with E-state index in [1.54, 1.807) is 6.08 Å². The van der Waals surface area contributed by atoms with Gasteiger partial charge in [0, 0.05) is 6.42 Å². The number of carbonyl (C=O) groups is 1. The van der Waals surface area contributed by atoms with Crippen molar-refractivity contribution >= 4 is 5.97 Å². The maximum Gasteiger partial charge on any atom is 0.334 e. The molecule has 0 amide bonds. The zero-order valence-corrected chi connectivity index (χ0v) is 9.03. The summed E-state index contributed by atoms with van der Waals surface area (Å²) in [5.41, 5.74) is 0. The largest absolute Gasteiger partial charge is 0.460 e. The van der Waals surface area contributed by atoms with Crippen LogP contribution >= 0.6 is 0 Å². The second kappa shape index (κ2) is 7.56. The smallest absolute Gasteiger partial charge is 0.334 e. The van der Waals surface area contributed by atoms with Gasteiger partial charge in [0.2, 0.25) is 0 Å². The monoisotopic (exact) mass is 200 g/mol. The molecular formula is C11H20O3. The maximum atomic E-state index is 11.1. The number of hydrogen-bond donors (Lipinski definition) is 1. The molecular weight excluding hydrogens is 180 g/mol. The van der Waals surface area contributed by atoms with Gasteiger partial charge in [0.05, 0.1) is 0 Å². The molecule has 0 saturated heterocycles. The van der Waals surface area contributed by atoms with Gasteiger partial charge in [0.15, 0.2) is 0 Å². The Hall–Kier alpha value is -0.830. The minimum Gasteiger partial charge on any atom is -0.460 e. The van der Waals surface area contributed by atoms with Gasteiger partial charge in [-0.3, -0.25) is 0 Å². The van der Waals surface area contributed by atoms with E-state index in [0.29, 0.717) is 6.42 Å². The summed E-state index contributed by atoms with van der Waals surface area (Å²) >= 11 is 0. The Kier molecular flexibility index (Phi) is 7.11. The lowest BCUT2D eigenvalue weighted by atomic mass is 10.1. The third kappa shape index (κ3) is 5.75. The number of aliphatic hydroxyl groups is 1. The molecule has 0 aromatic rings. The van der Waals surface area contributed by atoms with E-state index in [4.69, 9.17) is 9.84 Å². The Balaban J connectivity index is 3.94. The van der Waals surface area contributed by atoms with Crippen LogP contribution in [-0.2, 0) is 9.53 Å². The van der Waals surface area contributed by atoms with Crippen molar-refractivity contribution in [3.05, 3.63) is 12.7 Å². The highest BCUT2D eigenvalue weighted by atomic mass is 16.6. The molecule has 0 aliphatic heterocycles. The van der Waals surface area contributed by atoms with Crippen LogP contribution in [0.2, 0.25) is 0 Å². The van der Waals surface area contributed by atoms with Crippen LogP contribution in [0.1, 0.15) is 39.5 Å². The molecule has 0 rings (SSSR count). The van der Waals surface area contributed by atoms with E-state index in [1.807, 2.05) is 0 Å². The van der Waals surface area contributed by atoms with E-state index in [-0.39, 0.29) is 6.10 Å². The first-order chi connectivity index (χ1) is 6.61. The van der Waals surface area contributed by atoms with Gasteiger partial charge in [-0.05, 0) is 13.3 Å². The molecule has 0 aliphatic carbocycles. The van der Waals surface area contributed by atoms with Crippen molar-refractivity contribution in [1.29, 1.82) is 0 Å². The van der Waals surface area contributed by atoms with Gasteiger partial charge in [-0.15, -0.1) is 6.58 Å². The van der Waals surface area contributed by atoms with Gasteiger partial charge in [0.1, 0.15) is 12.2 Å². The molecule has 2 unspecified atom stereocenters. The van der Waals surface area contributed by atoms with Crippen molar-refractivity contribution in [3.8, 4) is 0 Å². The zero-order chi connectivity index (χ0) is 11.0. The fourth-order valence-electron chi connectivity index (χ4n) is 1.11. The predicted molar refractivity (Wildman–Crippen MR) is 55.9 cm³/mol. The topological polar surface area (TPSA) is 46.5 Å². The summed E-state index contributed by atoms with van der Waals surface area (Å²) in [6.45, 7) is 7.10. The Morgan fingerprint density at radius 2 is 2.29 bits per heavy atom. The summed E-state index contributed by atoms with van der Waals surface area (Å²) in [6.07, 6.45) is 4.14. The highest BCUT2D eigenvalue weighted by Gasteiger charge is 2.16. The average Bonchev–Trinajstić information content (AvgIpc) is 2.14. The molecule has 2 atom stereocenters. The quantitative estimate of drug-likeness (QED) is 0.505. The number of aliphatic hydroxyl groups excluding tert-OH is 1. The molecule has 3 nitrogen and oxygen atoms in total. The minimum absolute atomic E-state index is 0.130. The van der Waals surface area contributed by atoms with Crippen LogP contribution in [0, 0.1) is 0 Å². The highest BCUT2D eigenvalue weighted by Crippen LogP contribution is 2.10. The molecule has 0 aromatic heterocycles. The van der Waals surface area contributed by atoms with Crippen LogP contribution in [0.4, 0.5) is 0 Å². The van der Waals surface area contributed by atoms with Crippen LogP contribution in [-0.4, -0.2) is 23.3 Å². The standard InChI is InChI=1S/C11H20O3/c1-4-6-8-10(7-5-2)14-11(13)9(3)12/h5,9-10,12H,2,4,6-8H2,1,3H3. The lowest BCUT2D eigenvalue weighted by Gasteiger charge is -2.16. The summed E-state index contributed by atoms with van der Waals surface area (Å²) < 4.78 is 5.09. The van der Waals surface area contributed by atoms with Crippen molar-refractivity contribution in [2.75, 3.05) is 0 Å². The molecule has 0 aromatic carbocycles. The summed E-state index contributed by atoms with van der Waals surface area (Å²) in [6, 6.07) is 0. The van der Waals surface area contributed by atoms with Crippen LogP contribution in [0.25, 0.3) is 0 Å². The molecule has 1 N–H and O–H groups in total. The van der Waals surface area contributed by atoms with Crippen LogP contribution in [0.15, 0.2) is 12.7 Å². The summed E-state index contributed by atoms with van der Waals surface area (Å²) in [5.74, 6) is -0.548. The summed E-state index contributed by atoms with van der Waals surface area (Å²) in [7, 11) is 0. The molecule has 0 saturated carbocycles. The molecule has 0 radical (unpaired) electrons. The fraction of sp³-hybridized carbons (Fsp3) is 0.727. The van der Waals surface area contributed by atoms with Crippen molar-refractivity contribution < 1.29 is 14.6 Å². The number of unbranched alkanes of at least 4 members (excludes halogenated alkanes) is 1. The number of ether oxygens (including phenoxy) is 1. The Morgan fingerprint density at radius 3 is 2.71 bits per heavy atom. The fourth-order valence-corrected chi connectivity index (χ4v) is 1.11. The van der Waals surface area contributed by atoms with E-state index in [0.717, 1.165) is 19.3 Å². The first kappa shape index (κ1) is 13.2. The Bertz CT molecular complexity index is 175. The summed E-state index contributed by atoms with van der Waals surface area (Å²) in [4.78, 5) is 11.1. The van der Waals surface area contributed by atoms with E-state index < -0.39 is 12.1 Å². The van der Waals surface area contributed by atoms with Gasteiger partial charge in [0.25, 0.3) is 0 Å². The molecule has 0 heterocycles. The third-order valence-corrected chi connectivity index (χ3v) is 1.93. The number of rotatable bonds is 7. The Labute approximate surface area is 85.8 Å². The van der Waals surface area contributed by atoms with Crippen molar-refractivity contribution in [1.82, 2.24) is 0 Å². The lowest BCUT2D eigenvalue weighted by Crippen LogP contribution is -2.25. The highest BCUT2D eigenvalue weighted by molar-refractivity contribution is 5.73. The summed E-state index contributed by atoms with van der Waals surface area (Å²) in [5, 5.41) is 8.96. The van der Waals surface area contributed by atoms with Crippen molar-refractivity contribution in [2.45, 2.75) is 51.7 Å². The molecule has 14 heavy (non-hydrogen) atoms. The van der Waals surface area contributed by atoms with Crippen molar-refractivity contribution in [2.24, 2.45) is 0 Å².